The van der Waals surface area contributed by atoms with Gasteiger partial charge in [0.2, 0.25) is 0 Å². The monoisotopic (exact) mass is 237 g/mol. The van der Waals surface area contributed by atoms with Crippen LogP contribution in [0.4, 0.5) is 4.79 Å². The molecule has 17 heavy (non-hydrogen) atoms. The first-order valence-electron chi connectivity index (χ1n) is 5.81. The van der Waals surface area contributed by atoms with E-state index in [4.69, 9.17) is 4.74 Å². The van der Waals surface area contributed by atoms with Gasteiger partial charge in [0, 0.05) is 25.5 Å². The van der Waals surface area contributed by atoms with Crippen LogP contribution in [0.3, 0.4) is 0 Å². The van der Waals surface area contributed by atoms with Gasteiger partial charge in [-0.1, -0.05) is 0 Å². The van der Waals surface area contributed by atoms with Crippen LogP contribution in [0.2, 0.25) is 0 Å². The van der Waals surface area contributed by atoms with Gasteiger partial charge in [-0.2, -0.15) is 0 Å². The molecular formula is C12H19N3O2. The van der Waals surface area contributed by atoms with Gasteiger partial charge in [0.15, 0.2) is 0 Å². The Bertz CT molecular complexity index is 375. The van der Waals surface area contributed by atoms with Gasteiger partial charge in [0.25, 0.3) is 0 Å². The number of nitrogens with zero attached hydrogens (tertiary/aromatic N) is 2. The highest BCUT2D eigenvalue weighted by Crippen LogP contribution is 2.15. The lowest BCUT2D eigenvalue weighted by Crippen LogP contribution is -2.59. The predicted molar refractivity (Wildman–Crippen MR) is 65.4 cm³/mol. The second-order valence-electron chi connectivity index (χ2n) is 5.30. The highest BCUT2D eigenvalue weighted by molar-refractivity contribution is 5.69. The highest BCUT2D eigenvalue weighted by Gasteiger charge is 2.33. The van der Waals surface area contributed by atoms with Crippen molar-refractivity contribution >= 4 is 6.09 Å². The Morgan fingerprint density at radius 2 is 1.88 bits per heavy atom. The Morgan fingerprint density at radius 1 is 1.29 bits per heavy atom. The fourth-order valence-corrected chi connectivity index (χ4v) is 1.67. The van der Waals surface area contributed by atoms with Crippen molar-refractivity contribution in [3.63, 3.8) is 0 Å². The molecule has 1 aromatic heterocycles. The number of hydrogen-bond donors (Lipinski definition) is 1. The molecule has 1 N–H and O–H groups in total. The van der Waals surface area contributed by atoms with E-state index in [2.05, 4.69) is 5.43 Å². The minimum atomic E-state index is -0.421. The van der Waals surface area contributed by atoms with Crippen LogP contribution >= 0.6 is 0 Å². The summed E-state index contributed by atoms with van der Waals surface area (Å²) in [5.74, 6) is 0. The largest absolute Gasteiger partial charge is 0.444 e. The van der Waals surface area contributed by atoms with E-state index in [9.17, 15) is 4.79 Å². The first-order chi connectivity index (χ1) is 7.94. The SMILES string of the molecule is CC(C)(C)OC(=O)N1CC(Nn2cccc2)C1. The fourth-order valence-electron chi connectivity index (χ4n) is 1.67. The summed E-state index contributed by atoms with van der Waals surface area (Å²) in [6.07, 6.45) is 3.65. The Kier molecular flexibility index (Phi) is 3.00. The van der Waals surface area contributed by atoms with Crippen molar-refractivity contribution < 1.29 is 9.53 Å². The van der Waals surface area contributed by atoms with Crippen molar-refractivity contribution in [3.8, 4) is 0 Å². The fraction of sp³-hybridized carbons (Fsp3) is 0.583. The van der Waals surface area contributed by atoms with Gasteiger partial charge in [-0.15, -0.1) is 0 Å². The molecule has 0 spiro atoms. The summed E-state index contributed by atoms with van der Waals surface area (Å²) in [5.41, 5.74) is 2.85. The summed E-state index contributed by atoms with van der Waals surface area (Å²) in [5, 5.41) is 0. The molecule has 1 aromatic rings. The van der Waals surface area contributed by atoms with E-state index < -0.39 is 5.60 Å². The van der Waals surface area contributed by atoms with Crippen LogP contribution < -0.4 is 5.43 Å². The van der Waals surface area contributed by atoms with Crippen LogP contribution in [0.25, 0.3) is 0 Å². The maximum atomic E-state index is 11.7. The van der Waals surface area contributed by atoms with Crippen molar-refractivity contribution in [1.29, 1.82) is 0 Å². The van der Waals surface area contributed by atoms with Crippen LogP contribution in [-0.2, 0) is 4.74 Å². The molecule has 1 fully saturated rings. The molecule has 1 aliphatic heterocycles. The summed E-state index contributed by atoms with van der Waals surface area (Å²) < 4.78 is 7.18. The van der Waals surface area contributed by atoms with E-state index in [1.54, 1.807) is 4.90 Å². The molecule has 1 saturated heterocycles. The molecule has 2 rings (SSSR count). The number of carbonyl (C=O) groups is 1. The van der Waals surface area contributed by atoms with Crippen LogP contribution in [0.1, 0.15) is 20.8 Å². The molecular weight excluding hydrogens is 218 g/mol. The van der Waals surface area contributed by atoms with E-state index >= 15 is 0 Å². The second kappa shape index (κ2) is 4.31. The highest BCUT2D eigenvalue weighted by atomic mass is 16.6. The van der Waals surface area contributed by atoms with Gasteiger partial charge < -0.3 is 15.1 Å². The van der Waals surface area contributed by atoms with Gasteiger partial charge in [0.1, 0.15) is 5.60 Å². The first kappa shape index (κ1) is 11.8. The third-order valence-electron chi connectivity index (χ3n) is 2.47. The zero-order valence-electron chi connectivity index (χ0n) is 10.5. The number of hydrogen-bond acceptors (Lipinski definition) is 3. The molecule has 5 nitrogen and oxygen atoms in total. The minimum absolute atomic E-state index is 0.233. The van der Waals surface area contributed by atoms with Gasteiger partial charge in [-0.25, -0.2) is 4.79 Å². The summed E-state index contributed by atoms with van der Waals surface area (Å²) in [7, 11) is 0. The molecule has 0 atom stereocenters. The van der Waals surface area contributed by atoms with Crippen molar-refractivity contribution in [1.82, 2.24) is 9.58 Å². The summed E-state index contributed by atoms with van der Waals surface area (Å²) in [6.45, 7) is 7.00. The standard InChI is InChI=1S/C12H19N3O2/c1-12(2,3)17-11(16)14-8-10(9-14)13-15-6-4-5-7-15/h4-7,10,13H,8-9H2,1-3H3. The van der Waals surface area contributed by atoms with Crippen LogP contribution in [0.15, 0.2) is 24.5 Å². The van der Waals surface area contributed by atoms with E-state index in [1.807, 2.05) is 50.0 Å². The summed E-state index contributed by atoms with van der Waals surface area (Å²) in [6, 6.07) is 4.21. The third kappa shape index (κ3) is 3.15. The molecule has 5 heteroatoms. The Hall–Kier alpha value is -1.65. The quantitative estimate of drug-likeness (QED) is 0.850. The van der Waals surface area contributed by atoms with Crippen molar-refractivity contribution in [2.75, 3.05) is 18.5 Å². The number of amides is 1. The lowest BCUT2D eigenvalue weighted by atomic mass is 10.1. The van der Waals surface area contributed by atoms with E-state index in [-0.39, 0.29) is 6.09 Å². The molecule has 0 unspecified atom stereocenters. The molecule has 0 aliphatic carbocycles. The lowest BCUT2D eigenvalue weighted by molar-refractivity contribution is 0.00959. The maximum absolute atomic E-state index is 11.7. The van der Waals surface area contributed by atoms with Crippen LogP contribution in [0.5, 0.6) is 0 Å². The number of carbonyl (C=O) groups excluding carboxylic acids is 1. The number of ether oxygens (including phenoxy) is 1. The molecule has 2 heterocycles. The van der Waals surface area contributed by atoms with E-state index in [0.717, 1.165) is 0 Å². The van der Waals surface area contributed by atoms with E-state index in [0.29, 0.717) is 19.1 Å². The molecule has 0 bridgehead atoms. The predicted octanol–water partition coefficient (Wildman–Crippen LogP) is 1.65. The van der Waals surface area contributed by atoms with Crippen LogP contribution in [0, 0.1) is 0 Å². The topological polar surface area (TPSA) is 46.5 Å². The first-order valence-corrected chi connectivity index (χ1v) is 5.81. The van der Waals surface area contributed by atoms with Gasteiger partial charge >= 0.3 is 6.09 Å². The number of rotatable bonds is 2. The summed E-state index contributed by atoms with van der Waals surface area (Å²) >= 11 is 0. The van der Waals surface area contributed by atoms with Gasteiger partial charge in [0.05, 0.1) is 6.04 Å². The van der Waals surface area contributed by atoms with E-state index in [1.165, 1.54) is 0 Å². The molecule has 0 aromatic carbocycles. The molecule has 1 amide bonds. The number of aromatic nitrogens is 1. The zero-order valence-corrected chi connectivity index (χ0v) is 10.5. The Balaban J connectivity index is 1.73. The molecule has 0 radical (unpaired) electrons. The number of likely N-dealkylation sites (tertiary alicyclic amines) is 1. The average Bonchev–Trinajstić information content (AvgIpc) is 2.59. The van der Waals surface area contributed by atoms with Crippen LogP contribution in [-0.4, -0.2) is 40.4 Å². The van der Waals surface area contributed by atoms with Gasteiger partial charge in [-0.05, 0) is 32.9 Å². The van der Waals surface area contributed by atoms with Gasteiger partial charge in [-0.3, -0.25) is 4.68 Å². The van der Waals surface area contributed by atoms with Crippen molar-refractivity contribution in [2.45, 2.75) is 32.4 Å². The zero-order chi connectivity index (χ0) is 12.5. The normalized spacial score (nSPS) is 16.5. The Morgan fingerprint density at radius 3 is 2.41 bits per heavy atom. The molecule has 94 valence electrons. The lowest BCUT2D eigenvalue weighted by Gasteiger charge is -2.40. The third-order valence-corrected chi connectivity index (χ3v) is 2.47. The van der Waals surface area contributed by atoms with Crippen molar-refractivity contribution in [2.24, 2.45) is 0 Å². The second-order valence-corrected chi connectivity index (χ2v) is 5.30. The van der Waals surface area contributed by atoms with Crippen molar-refractivity contribution in [3.05, 3.63) is 24.5 Å². The Labute approximate surface area is 101 Å². The average molecular weight is 237 g/mol. The maximum Gasteiger partial charge on any atom is 0.410 e. The summed E-state index contributed by atoms with van der Waals surface area (Å²) in [4.78, 5) is 13.4. The smallest absolute Gasteiger partial charge is 0.410 e. The molecule has 1 aliphatic rings. The minimum Gasteiger partial charge on any atom is -0.444 e. The molecule has 0 saturated carbocycles. The number of nitrogens with one attached hydrogen (secondary N) is 1.